The molecule has 0 spiro atoms. The minimum absolute atomic E-state index is 0.0374. The largest absolute Gasteiger partial charge is 0.324 e. The van der Waals surface area contributed by atoms with Crippen LogP contribution in [-0.2, 0) is 16.6 Å². The molecule has 1 aliphatic rings. The van der Waals surface area contributed by atoms with Crippen molar-refractivity contribution in [2.75, 3.05) is 10.2 Å². The van der Waals surface area contributed by atoms with Gasteiger partial charge in [0, 0.05) is 29.4 Å². The lowest BCUT2D eigenvalue weighted by molar-refractivity contribution is -0.125. The highest BCUT2D eigenvalue weighted by Crippen LogP contribution is 2.42. The number of fused-ring (bicyclic) bond motifs is 1. The first kappa shape index (κ1) is 21.3. The van der Waals surface area contributed by atoms with Crippen molar-refractivity contribution in [1.29, 1.82) is 0 Å². The van der Waals surface area contributed by atoms with Gasteiger partial charge in [-0.25, -0.2) is 4.98 Å². The normalized spacial score (nSPS) is 18.6. The van der Waals surface area contributed by atoms with Crippen molar-refractivity contribution >= 4 is 45.6 Å². The molecule has 2 atom stereocenters. The van der Waals surface area contributed by atoms with Gasteiger partial charge in [0.1, 0.15) is 0 Å². The monoisotopic (exact) mass is 459 g/mol. The Morgan fingerprint density at radius 1 is 1.18 bits per heavy atom. The molecule has 1 aliphatic heterocycles. The molecule has 2 unspecified atom stereocenters. The van der Waals surface area contributed by atoms with Crippen molar-refractivity contribution < 1.29 is 9.59 Å². The maximum atomic E-state index is 13.5. The molecule has 4 heterocycles. The maximum absolute atomic E-state index is 13.5. The first-order chi connectivity index (χ1) is 15.9. The van der Waals surface area contributed by atoms with E-state index in [0.29, 0.717) is 18.5 Å². The van der Waals surface area contributed by atoms with Gasteiger partial charge in [0.25, 0.3) is 0 Å². The molecule has 2 amide bonds. The number of amides is 2. The van der Waals surface area contributed by atoms with Crippen LogP contribution in [0.25, 0.3) is 11.0 Å². The Balaban J connectivity index is 1.49. The van der Waals surface area contributed by atoms with E-state index in [2.05, 4.69) is 15.4 Å². The second-order valence-electron chi connectivity index (χ2n) is 8.50. The fourth-order valence-corrected chi connectivity index (χ4v) is 5.45. The molecule has 1 saturated heterocycles. The van der Waals surface area contributed by atoms with Gasteiger partial charge in [-0.15, -0.1) is 11.3 Å². The Morgan fingerprint density at radius 3 is 2.70 bits per heavy atom. The van der Waals surface area contributed by atoms with E-state index in [1.165, 1.54) is 0 Å². The summed E-state index contributed by atoms with van der Waals surface area (Å²) >= 11 is 1.57. The number of nitrogens with one attached hydrogen (secondary N) is 1. The summed E-state index contributed by atoms with van der Waals surface area (Å²) in [5.41, 5.74) is 4.21. The van der Waals surface area contributed by atoms with Gasteiger partial charge < -0.3 is 10.2 Å². The predicted molar refractivity (Wildman–Crippen MR) is 130 cm³/mol. The molecule has 1 aromatic carbocycles. The second kappa shape index (κ2) is 8.44. The summed E-state index contributed by atoms with van der Waals surface area (Å²) in [6.45, 7) is 3.94. The van der Waals surface area contributed by atoms with Crippen molar-refractivity contribution in [3.63, 3.8) is 0 Å². The standard InChI is InChI=1S/C25H25N5O2S/c1-15-6-8-18(9-7-15)30-22(31)11-10-19(23(30)21-5-4-12-33-21)25(32)27-17-13-20-16(2)28-29(3)24(20)26-14-17/h4-9,12-14,19,23H,10-11H2,1-3H3,(H,27,32). The van der Waals surface area contributed by atoms with Crippen molar-refractivity contribution in [2.24, 2.45) is 13.0 Å². The number of hydrogen-bond donors (Lipinski definition) is 1. The molecular formula is C25H25N5O2S. The Bertz CT molecular complexity index is 1330. The van der Waals surface area contributed by atoms with Crippen LogP contribution in [0, 0.1) is 19.8 Å². The molecule has 5 rings (SSSR count). The van der Waals surface area contributed by atoms with E-state index in [4.69, 9.17) is 0 Å². The van der Waals surface area contributed by atoms with E-state index in [1.54, 1.807) is 27.1 Å². The van der Waals surface area contributed by atoms with E-state index in [-0.39, 0.29) is 23.8 Å². The number of piperidine rings is 1. The summed E-state index contributed by atoms with van der Waals surface area (Å²) in [5, 5.41) is 10.4. The third kappa shape index (κ3) is 3.91. The van der Waals surface area contributed by atoms with Crippen molar-refractivity contribution in [1.82, 2.24) is 14.8 Å². The molecule has 0 aliphatic carbocycles. The predicted octanol–water partition coefficient (Wildman–Crippen LogP) is 4.77. The van der Waals surface area contributed by atoms with Crippen molar-refractivity contribution in [3.05, 3.63) is 70.2 Å². The number of anilines is 2. The molecule has 33 heavy (non-hydrogen) atoms. The van der Waals surface area contributed by atoms with E-state index in [9.17, 15) is 9.59 Å². The van der Waals surface area contributed by atoms with Gasteiger partial charge in [-0.1, -0.05) is 23.8 Å². The fourth-order valence-electron chi connectivity index (χ4n) is 4.57. The van der Waals surface area contributed by atoms with E-state index < -0.39 is 0 Å². The minimum Gasteiger partial charge on any atom is -0.324 e. The number of pyridine rings is 1. The minimum atomic E-state index is -0.381. The smallest absolute Gasteiger partial charge is 0.230 e. The van der Waals surface area contributed by atoms with E-state index in [1.807, 2.05) is 68.7 Å². The van der Waals surface area contributed by atoms with Gasteiger partial charge in [0.05, 0.1) is 29.5 Å². The van der Waals surface area contributed by atoms with Crippen molar-refractivity contribution in [2.45, 2.75) is 32.7 Å². The zero-order valence-corrected chi connectivity index (χ0v) is 19.6. The van der Waals surface area contributed by atoms with E-state index >= 15 is 0 Å². The topological polar surface area (TPSA) is 80.1 Å². The first-order valence-corrected chi connectivity index (χ1v) is 11.8. The molecule has 0 saturated carbocycles. The van der Waals surface area contributed by atoms with Gasteiger partial charge in [-0.05, 0) is 49.9 Å². The molecule has 168 valence electrons. The van der Waals surface area contributed by atoms with Crippen molar-refractivity contribution in [3.8, 4) is 0 Å². The van der Waals surface area contributed by atoms with Gasteiger partial charge in [-0.2, -0.15) is 5.10 Å². The second-order valence-corrected chi connectivity index (χ2v) is 9.48. The SMILES string of the molecule is Cc1ccc(N2C(=O)CCC(C(=O)Nc3cnc4c(c3)c(C)nn4C)C2c2cccs2)cc1. The van der Waals surface area contributed by atoms with Gasteiger partial charge in [-0.3, -0.25) is 14.3 Å². The summed E-state index contributed by atoms with van der Waals surface area (Å²) in [6.07, 6.45) is 2.48. The Morgan fingerprint density at radius 2 is 1.97 bits per heavy atom. The van der Waals surface area contributed by atoms with Crippen LogP contribution in [0.5, 0.6) is 0 Å². The average Bonchev–Trinajstić information content (AvgIpc) is 3.42. The molecule has 8 heteroatoms. The highest BCUT2D eigenvalue weighted by Gasteiger charge is 2.42. The Labute approximate surface area is 196 Å². The summed E-state index contributed by atoms with van der Waals surface area (Å²) in [7, 11) is 1.85. The highest BCUT2D eigenvalue weighted by atomic mass is 32.1. The molecule has 0 radical (unpaired) electrons. The lowest BCUT2D eigenvalue weighted by atomic mass is 9.86. The quantitative estimate of drug-likeness (QED) is 0.477. The third-order valence-corrected chi connectivity index (χ3v) is 7.15. The summed E-state index contributed by atoms with van der Waals surface area (Å²) in [4.78, 5) is 33.9. The van der Waals surface area contributed by atoms with E-state index in [0.717, 1.165) is 32.9 Å². The number of hydrogen-bond acceptors (Lipinski definition) is 5. The lowest BCUT2D eigenvalue weighted by Crippen LogP contribution is -2.46. The number of aryl methyl sites for hydroxylation is 3. The Kier molecular flexibility index (Phi) is 5.46. The molecule has 4 aromatic rings. The fraction of sp³-hybridized carbons (Fsp3) is 0.280. The van der Waals surface area contributed by atoms with Crippen LogP contribution in [-0.4, -0.2) is 26.6 Å². The maximum Gasteiger partial charge on any atom is 0.230 e. The summed E-state index contributed by atoms with van der Waals surface area (Å²) in [5.74, 6) is -0.454. The van der Waals surface area contributed by atoms with Crippen LogP contribution in [0.4, 0.5) is 11.4 Å². The molecule has 7 nitrogen and oxygen atoms in total. The summed E-state index contributed by atoms with van der Waals surface area (Å²) in [6, 6.07) is 13.4. The van der Waals surface area contributed by atoms with Crippen LogP contribution in [0.2, 0.25) is 0 Å². The first-order valence-electron chi connectivity index (χ1n) is 10.9. The van der Waals surface area contributed by atoms with Gasteiger partial charge >= 0.3 is 0 Å². The molecule has 1 fully saturated rings. The average molecular weight is 460 g/mol. The number of carbonyl (C=O) groups is 2. The lowest BCUT2D eigenvalue weighted by Gasteiger charge is -2.40. The van der Waals surface area contributed by atoms with Crippen LogP contribution >= 0.6 is 11.3 Å². The molecule has 1 N–H and O–H groups in total. The number of aromatic nitrogens is 3. The number of carbonyl (C=O) groups excluding carboxylic acids is 2. The zero-order valence-electron chi connectivity index (χ0n) is 18.8. The van der Waals surface area contributed by atoms with Gasteiger partial charge in [0.15, 0.2) is 5.65 Å². The number of thiophene rings is 1. The van der Waals surface area contributed by atoms with Crippen LogP contribution in [0.15, 0.2) is 54.0 Å². The summed E-state index contributed by atoms with van der Waals surface area (Å²) < 4.78 is 1.73. The van der Waals surface area contributed by atoms with Crippen LogP contribution in [0.3, 0.4) is 0 Å². The number of rotatable bonds is 4. The number of nitrogens with zero attached hydrogens (tertiary/aromatic N) is 4. The van der Waals surface area contributed by atoms with Crippen LogP contribution in [0.1, 0.15) is 35.0 Å². The molecule has 3 aromatic heterocycles. The third-order valence-electron chi connectivity index (χ3n) is 6.21. The number of benzene rings is 1. The zero-order chi connectivity index (χ0) is 23.1. The highest BCUT2D eigenvalue weighted by molar-refractivity contribution is 7.10. The van der Waals surface area contributed by atoms with Gasteiger partial charge in [0.2, 0.25) is 11.8 Å². The van der Waals surface area contributed by atoms with Crippen LogP contribution < -0.4 is 10.2 Å². The molecule has 0 bridgehead atoms. The Hall–Kier alpha value is -3.52. The molecular weight excluding hydrogens is 434 g/mol.